The molecular weight excluding hydrogens is 350 g/mol. The number of aromatic hydroxyl groups is 1. The molecule has 0 saturated heterocycles. The van der Waals surface area contributed by atoms with Crippen LogP contribution in [0.25, 0.3) is 10.8 Å². The third-order valence-corrected chi connectivity index (χ3v) is 4.77. The summed E-state index contributed by atoms with van der Waals surface area (Å²) >= 11 is 0. The lowest BCUT2D eigenvalue weighted by atomic mass is 10.1. The van der Waals surface area contributed by atoms with E-state index in [1.807, 2.05) is 0 Å². The molecule has 0 bridgehead atoms. The van der Waals surface area contributed by atoms with E-state index < -0.39 is 46.9 Å². The molecule has 0 fully saturated rings. The van der Waals surface area contributed by atoms with Crippen LogP contribution in [0.3, 0.4) is 0 Å². The topological polar surface area (TPSA) is 180 Å². The third-order valence-electron chi connectivity index (χ3n) is 2.98. The smallest absolute Gasteiger partial charge is 0.296 e. The van der Waals surface area contributed by atoms with E-state index >= 15 is 0 Å². The maximum Gasteiger partial charge on any atom is 0.296 e. The minimum absolute atomic E-state index is 0.111. The predicted molar refractivity (Wildman–Crippen MR) is 80.1 cm³/mol. The summed E-state index contributed by atoms with van der Waals surface area (Å²) in [6, 6.07) is 2.86. The first-order chi connectivity index (χ1) is 10.5. The molecule has 0 aliphatic rings. The highest BCUT2D eigenvalue weighted by atomic mass is 32.2. The first-order valence-corrected chi connectivity index (χ1v) is 8.69. The van der Waals surface area contributed by atoms with Gasteiger partial charge in [0, 0.05) is 12.4 Å². The van der Waals surface area contributed by atoms with Gasteiger partial charge in [-0.2, -0.15) is 27.1 Å². The van der Waals surface area contributed by atoms with Crippen LogP contribution < -0.4 is 5.73 Å². The summed E-state index contributed by atoms with van der Waals surface area (Å²) in [5, 5.41) is 16.5. The summed E-state index contributed by atoms with van der Waals surface area (Å²) in [5.74, 6) is -0.652. The van der Waals surface area contributed by atoms with Crippen LogP contribution in [-0.4, -0.2) is 38.1 Å². The van der Waals surface area contributed by atoms with E-state index in [-0.39, 0.29) is 11.1 Å². The van der Waals surface area contributed by atoms with E-state index in [0.717, 1.165) is 6.07 Å². The zero-order valence-corrected chi connectivity index (χ0v) is 13.1. The number of nitrogens with two attached hydrogens (primary N) is 1. The van der Waals surface area contributed by atoms with Gasteiger partial charge in [0.2, 0.25) is 0 Å². The molecule has 0 aromatic heterocycles. The molecule has 0 amide bonds. The summed E-state index contributed by atoms with van der Waals surface area (Å²) < 4.78 is 64.1. The molecule has 0 aliphatic heterocycles. The van der Waals surface area contributed by atoms with E-state index in [2.05, 4.69) is 10.2 Å². The Morgan fingerprint density at radius 3 is 2.09 bits per heavy atom. The lowest BCUT2D eigenvalue weighted by Gasteiger charge is -2.13. The summed E-state index contributed by atoms with van der Waals surface area (Å²) in [7, 11) is -8.47. The summed E-state index contributed by atoms with van der Waals surface area (Å²) in [6.45, 7) is 0. The number of nitrogen functional groups attached to an aromatic ring is 1. The van der Waals surface area contributed by atoms with E-state index in [9.17, 15) is 31.0 Å². The van der Waals surface area contributed by atoms with Crippen molar-refractivity contribution in [1.82, 2.24) is 0 Å². The number of hydrogen-bond donors (Lipinski definition) is 4. The molecule has 12 heteroatoms. The van der Waals surface area contributed by atoms with Crippen LogP contribution in [0.5, 0.6) is 5.75 Å². The Labute approximate surface area is 130 Å². The fourth-order valence-corrected chi connectivity index (χ4v) is 3.51. The molecular formula is C11H11N3O7S2. The number of rotatable bonds is 3. The van der Waals surface area contributed by atoms with Gasteiger partial charge in [-0.25, -0.2) is 0 Å². The van der Waals surface area contributed by atoms with Crippen molar-refractivity contribution in [1.29, 1.82) is 0 Å². The van der Waals surface area contributed by atoms with Gasteiger partial charge in [-0.15, -0.1) is 0 Å². The number of azo groups is 1. The molecule has 0 heterocycles. The van der Waals surface area contributed by atoms with Gasteiger partial charge in [0.15, 0.2) is 5.75 Å². The minimum atomic E-state index is -4.92. The number of phenols is 1. The maximum atomic E-state index is 11.5. The summed E-state index contributed by atoms with van der Waals surface area (Å²) in [6.07, 6.45) is 0. The van der Waals surface area contributed by atoms with Crippen molar-refractivity contribution >= 4 is 42.4 Å². The number of nitrogens with zero attached hydrogens (tertiary/aromatic N) is 2. The fourth-order valence-electron chi connectivity index (χ4n) is 2.07. The van der Waals surface area contributed by atoms with E-state index in [1.54, 1.807) is 0 Å². The SMILES string of the molecule is CN=Nc1ccc2c(S(=O)(=O)O)cc(S(=O)(=O)O)c(N)c2c1O. The van der Waals surface area contributed by atoms with Gasteiger partial charge in [0.25, 0.3) is 20.2 Å². The van der Waals surface area contributed by atoms with Crippen LogP contribution in [0.2, 0.25) is 0 Å². The van der Waals surface area contributed by atoms with Crippen LogP contribution in [0, 0.1) is 0 Å². The second kappa shape index (κ2) is 5.42. The Balaban J connectivity index is 3.17. The van der Waals surface area contributed by atoms with Gasteiger partial charge in [-0.1, -0.05) is 6.07 Å². The van der Waals surface area contributed by atoms with Crippen molar-refractivity contribution < 1.29 is 31.0 Å². The Kier molecular flexibility index (Phi) is 4.02. The van der Waals surface area contributed by atoms with Crippen LogP contribution in [0.1, 0.15) is 0 Å². The van der Waals surface area contributed by atoms with Crippen molar-refractivity contribution in [3.8, 4) is 5.75 Å². The molecule has 0 saturated carbocycles. The first-order valence-electron chi connectivity index (χ1n) is 5.81. The molecule has 124 valence electrons. The quantitative estimate of drug-likeness (QED) is 0.359. The average molecular weight is 361 g/mol. The Hall–Kier alpha value is -2.28. The number of hydrogen-bond acceptors (Lipinski definition) is 8. The molecule has 0 radical (unpaired) electrons. The Morgan fingerprint density at radius 1 is 1.04 bits per heavy atom. The summed E-state index contributed by atoms with van der Waals surface area (Å²) in [4.78, 5) is -1.82. The monoisotopic (exact) mass is 361 g/mol. The van der Waals surface area contributed by atoms with Gasteiger partial charge >= 0.3 is 0 Å². The lowest BCUT2D eigenvalue weighted by molar-refractivity contribution is 0.481. The number of benzene rings is 2. The largest absolute Gasteiger partial charge is 0.505 e. The molecule has 0 aliphatic carbocycles. The van der Waals surface area contributed by atoms with E-state index in [1.165, 1.54) is 13.1 Å². The highest BCUT2D eigenvalue weighted by Gasteiger charge is 2.26. The third kappa shape index (κ3) is 2.96. The van der Waals surface area contributed by atoms with Gasteiger partial charge in [0.1, 0.15) is 15.5 Å². The maximum absolute atomic E-state index is 11.5. The van der Waals surface area contributed by atoms with Crippen molar-refractivity contribution in [2.24, 2.45) is 10.2 Å². The second-order valence-corrected chi connectivity index (χ2v) is 7.17. The number of fused-ring (bicyclic) bond motifs is 1. The normalized spacial score (nSPS) is 13.0. The van der Waals surface area contributed by atoms with Crippen molar-refractivity contribution in [2.75, 3.05) is 12.8 Å². The zero-order valence-electron chi connectivity index (χ0n) is 11.5. The molecule has 10 nitrogen and oxygen atoms in total. The zero-order chi connectivity index (χ0) is 17.6. The van der Waals surface area contributed by atoms with E-state index in [0.29, 0.717) is 6.07 Å². The number of anilines is 1. The van der Waals surface area contributed by atoms with Gasteiger partial charge in [-0.05, 0) is 12.1 Å². The average Bonchev–Trinajstić information content (AvgIpc) is 2.39. The Bertz CT molecular complexity index is 1040. The molecule has 0 unspecified atom stereocenters. The van der Waals surface area contributed by atoms with E-state index in [4.69, 9.17) is 5.73 Å². The number of phenolic OH excluding ortho intramolecular Hbond substituents is 1. The van der Waals surface area contributed by atoms with Crippen molar-refractivity contribution in [3.05, 3.63) is 18.2 Å². The lowest BCUT2D eigenvalue weighted by Crippen LogP contribution is -2.08. The molecule has 2 aromatic carbocycles. The van der Waals surface area contributed by atoms with Crippen LogP contribution >= 0.6 is 0 Å². The molecule has 2 aromatic rings. The van der Waals surface area contributed by atoms with Gasteiger partial charge < -0.3 is 10.8 Å². The second-order valence-electron chi connectivity index (χ2n) is 4.39. The first kappa shape index (κ1) is 17.1. The van der Waals surface area contributed by atoms with Gasteiger partial charge in [0.05, 0.1) is 11.1 Å². The van der Waals surface area contributed by atoms with Crippen molar-refractivity contribution in [2.45, 2.75) is 9.79 Å². The minimum Gasteiger partial charge on any atom is -0.505 e. The predicted octanol–water partition coefficient (Wildman–Crippen LogP) is 1.33. The highest BCUT2D eigenvalue weighted by molar-refractivity contribution is 7.87. The van der Waals surface area contributed by atoms with Crippen molar-refractivity contribution in [3.63, 3.8) is 0 Å². The highest BCUT2D eigenvalue weighted by Crippen LogP contribution is 2.43. The van der Waals surface area contributed by atoms with Crippen LogP contribution in [-0.2, 0) is 20.2 Å². The van der Waals surface area contributed by atoms with Crippen LogP contribution in [0.15, 0.2) is 38.2 Å². The molecule has 0 atom stereocenters. The van der Waals surface area contributed by atoms with Crippen LogP contribution in [0.4, 0.5) is 11.4 Å². The molecule has 0 spiro atoms. The standard InChI is InChI=1S/C11H11N3O7S2/c1-13-14-6-3-2-5-7(22(16,17)18)4-8(23(19,20)21)10(12)9(5)11(6)15/h2-4,15H,12H2,1H3,(H,16,17,18)(H,19,20,21). The molecule has 23 heavy (non-hydrogen) atoms. The molecule has 5 N–H and O–H groups in total. The Morgan fingerprint density at radius 2 is 1.61 bits per heavy atom. The molecule has 2 rings (SSSR count). The fraction of sp³-hybridized carbons (Fsp3) is 0.0909. The van der Waals surface area contributed by atoms with Gasteiger partial charge in [-0.3, -0.25) is 9.11 Å². The summed E-state index contributed by atoms with van der Waals surface area (Å²) in [5.41, 5.74) is 4.93.